The summed E-state index contributed by atoms with van der Waals surface area (Å²) in [5.41, 5.74) is 2.30. The third-order valence-corrected chi connectivity index (χ3v) is 7.09. The zero-order chi connectivity index (χ0) is 21.1. The van der Waals surface area contributed by atoms with E-state index >= 15 is 0 Å². The van der Waals surface area contributed by atoms with E-state index in [0.29, 0.717) is 18.5 Å². The van der Waals surface area contributed by atoms with E-state index < -0.39 is 0 Å². The number of amides is 2. The number of carbonyl (C=O) groups is 2. The highest BCUT2D eigenvalue weighted by atomic mass is 32.1. The van der Waals surface area contributed by atoms with Gasteiger partial charge in [0.25, 0.3) is 5.91 Å². The van der Waals surface area contributed by atoms with Crippen molar-refractivity contribution in [2.75, 3.05) is 14.1 Å². The summed E-state index contributed by atoms with van der Waals surface area (Å²) in [5, 5.41) is 3.68. The lowest BCUT2D eigenvalue weighted by atomic mass is 9.81. The Kier molecular flexibility index (Phi) is 5.86. The zero-order valence-corrected chi connectivity index (χ0v) is 18.3. The van der Waals surface area contributed by atoms with E-state index in [4.69, 9.17) is 4.98 Å². The summed E-state index contributed by atoms with van der Waals surface area (Å²) in [7, 11) is 3.50. The first-order valence-corrected chi connectivity index (χ1v) is 11.2. The van der Waals surface area contributed by atoms with Crippen molar-refractivity contribution in [3.63, 3.8) is 0 Å². The van der Waals surface area contributed by atoms with Gasteiger partial charge >= 0.3 is 0 Å². The summed E-state index contributed by atoms with van der Waals surface area (Å²) in [4.78, 5) is 31.9. The Balaban J connectivity index is 1.50. The number of nitrogens with zero attached hydrogens (tertiary/aromatic N) is 2. The number of hydrogen-bond acceptors (Lipinski definition) is 4. The first-order valence-electron chi connectivity index (χ1n) is 10.4. The van der Waals surface area contributed by atoms with Crippen molar-refractivity contribution in [1.82, 2.24) is 15.2 Å². The van der Waals surface area contributed by atoms with Crippen molar-refractivity contribution in [2.24, 2.45) is 5.41 Å². The van der Waals surface area contributed by atoms with Gasteiger partial charge in [-0.1, -0.05) is 37.1 Å². The molecule has 0 unspecified atom stereocenters. The largest absolute Gasteiger partial charge is 0.355 e. The number of para-hydroxylation sites is 1. The fourth-order valence-electron chi connectivity index (χ4n) is 4.46. The van der Waals surface area contributed by atoms with E-state index in [1.54, 1.807) is 30.5 Å². The molecule has 1 aliphatic rings. The normalized spacial score (nSPS) is 15.3. The molecule has 1 fully saturated rings. The van der Waals surface area contributed by atoms with E-state index in [1.807, 2.05) is 42.3 Å². The summed E-state index contributed by atoms with van der Waals surface area (Å²) in [6.45, 7) is 0.536. The molecule has 4 rings (SSSR count). The zero-order valence-electron chi connectivity index (χ0n) is 17.5. The standard InChI is InChI=1S/C24H27N3O2S/c1-25-22(28)18-11-9-17(10-12-18)16-27(2)23(29)24(13-5-6-14-24)15-21-26-19-7-3-4-8-20(19)30-21/h3-4,7-12H,5-6,13-16H2,1-2H3,(H,25,28). The van der Waals surface area contributed by atoms with Gasteiger partial charge in [-0.3, -0.25) is 9.59 Å². The van der Waals surface area contributed by atoms with Crippen LogP contribution in [0.3, 0.4) is 0 Å². The third-order valence-electron chi connectivity index (χ3n) is 6.05. The smallest absolute Gasteiger partial charge is 0.251 e. The molecule has 0 aliphatic heterocycles. The maximum absolute atomic E-state index is 13.6. The van der Waals surface area contributed by atoms with Gasteiger partial charge in [-0.15, -0.1) is 11.3 Å². The molecule has 0 saturated heterocycles. The highest BCUT2D eigenvalue weighted by Crippen LogP contribution is 2.43. The summed E-state index contributed by atoms with van der Waals surface area (Å²) in [6.07, 6.45) is 4.73. The molecule has 6 heteroatoms. The molecule has 0 spiro atoms. The minimum atomic E-state index is -0.356. The molecule has 0 atom stereocenters. The molecule has 1 heterocycles. The molecule has 0 radical (unpaired) electrons. The van der Waals surface area contributed by atoms with E-state index in [-0.39, 0.29) is 17.2 Å². The van der Waals surface area contributed by atoms with Crippen LogP contribution in [0.5, 0.6) is 0 Å². The second kappa shape index (κ2) is 8.56. The van der Waals surface area contributed by atoms with Crippen LogP contribution in [0.1, 0.15) is 46.6 Å². The number of benzene rings is 2. The molecular formula is C24H27N3O2S. The van der Waals surface area contributed by atoms with Crippen LogP contribution < -0.4 is 5.32 Å². The lowest BCUT2D eigenvalue weighted by molar-refractivity contribution is -0.141. The molecule has 2 amide bonds. The molecule has 5 nitrogen and oxygen atoms in total. The molecule has 1 aliphatic carbocycles. The summed E-state index contributed by atoms with van der Waals surface area (Å²) in [6, 6.07) is 15.6. The Morgan fingerprint density at radius 1 is 1.10 bits per heavy atom. The van der Waals surface area contributed by atoms with Crippen LogP contribution in [0, 0.1) is 5.41 Å². The second-order valence-corrected chi connectivity index (χ2v) is 9.29. The third kappa shape index (κ3) is 4.10. The average molecular weight is 422 g/mol. The number of hydrogen-bond donors (Lipinski definition) is 1. The Morgan fingerprint density at radius 3 is 2.47 bits per heavy atom. The molecule has 1 saturated carbocycles. The van der Waals surface area contributed by atoms with Gasteiger partial charge in [0.15, 0.2) is 0 Å². The SMILES string of the molecule is CNC(=O)c1ccc(CN(C)C(=O)C2(Cc3nc4ccccc4s3)CCCC2)cc1. The van der Waals surface area contributed by atoms with Gasteiger partial charge in [-0.25, -0.2) is 4.98 Å². The maximum Gasteiger partial charge on any atom is 0.251 e. The number of aromatic nitrogens is 1. The lowest BCUT2D eigenvalue weighted by Gasteiger charge is -2.32. The van der Waals surface area contributed by atoms with Crippen LogP contribution >= 0.6 is 11.3 Å². The van der Waals surface area contributed by atoms with E-state index in [9.17, 15) is 9.59 Å². The van der Waals surface area contributed by atoms with Gasteiger partial charge < -0.3 is 10.2 Å². The number of thiazole rings is 1. The van der Waals surface area contributed by atoms with Crippen LogP contribution in [0.15, 0.2) is 48.5 Å². The van der Waals surface area contributed by atoms with Crippen molar-refractivity contribution in [2.45, 2.75) is 38.6 Å². The first-order chi connectivity index (χ1) is 14.5. The minimum absolute atomic E-state index is 0.105. The highest BCUT2D eigenvalue weighted by Gasteiger charge is 2.43. The van der Waals surface area contributed by atoms with Crippen molar-refractivity contribution in [3.8, 4) is 0 Å². The fourth-order valence-corrected chi connectivity index (χ4v) is 5.57. The number of carbonyl (C=O) groups excluding carboxylic acids is 2. The molecule has 2 aromatic carbocycles. The summed E-state index contributed by atoms with van der Waals surface area (Å²) in [5.74, 6) is 0.0985. The van der Waals surface area contributed by atoms with Crippen molar-refractivity contribution in [3.05, 3.63) is 64.7 Å². The lowest BCUT2D eigenvalue weighted by Crippen LogP contribution is -2.41. The molecule has 0 bridgehead atoms. The van der Waals surface area contributed by atoms with Crippen LogP contribution in [-0.4, -0.2) is 35.8 Å². The summed E-state index contributed by atoms with van der Waals surface area (Å²) >= 11 is 1.70. The number of rotatable bonds is 6. The number of fused-ring (bicyclic) bond motifs is 1. The van der Waals surface area contributed by atoms with Crippen LogP contribution in [0.2, 0.25) is 0 Å². The Labute approximate surface area is 181 Å². The minimum Gasteiger partial charge on any atom is -0.355 e. The Hall–Kier alpha value is -2.73. The monoisotopic (exact) mass is 421 g/mol. The maximum atomic E-state index is 13.6. The Bertz CT molecular complexity index is 1020. The first kappa shape index (κ1) is 20.5. The van der Waals surface area contributed by atoms with E-state index in [0.717, 1.165) is 41.8 Å². The molecule has 1 aromatic heterocycles. The van der Waals surface area contributed by atoms with E-state index in [2.05, 4.69) is 11.4 Å². The van der Waals surface area contributed by atoms with Gasteiger partial charge in [0.05, 0.1) is 20.6 Å². The van der Waals surface area contributed by atoms with Crippen LogP contribution in [-0.2, 0) is 17.8 Å². The van der Waals surface area contributed by atoms with E-state index in [1.165, 1.54) is 4.70 Å². The van der Waals surface area contributed by atoms with Gasteiger partial charge in [0.1, 0.15) is 0 Å². The number of nitrogens with one attached hydrogen (secondary N) is 1. The van der Waals surface area contributed by atoms with Crippen molar-refractivity contribution >= 4 is 33.4 Å². The van der Waals surface area contributed by atoms with Crippen molar-refractivity contribution in [1.29, 1.82) is 0 Å². The van der Waals surface area contributed by atoms with Crippen LogP contribution in [0.4, 0.5) is 0 Å². The fraction of sp³-hybridized carbons (Fsp3) is 0.375. The topological polar surface area (TPSA) is 62.3 Å². The average Bonchev–Trinajstić information content (AvgIpc) is 3.40. The summed E-state index contributed by atoms with van der Waals surface area (Å²) < 4.78 is 1.18. The van der Waals surface area contributed by atoms with Crippen molar-refractivity contribution < 1.29 is 9.59 Å². The predicted molar refractivity (Wildman–Crippen MR) is 121 cm³/mol. The molecule has 3 aromatic rings. The van der Waals surface area contributed by atoms with Gasteiger partial charge in [0.2, 0.25) is 5.91 Å². The van der Waals surface area contributed by atoms with Gasteiger partial charge in [0, 0.05) is 32.6 Å². The van der Waals surface area contributed by atoms with Crippen LogP contribution in [0.25, 0.3) is 10.2 Å². The quantitative estimate of drug-likeness (QED) is 0.641. The second-order valence-electron chi connectivity index (χ2n) is 8.18. The van der Waals surface area contributed by atoms with Gasteiger partial charge in [-0.05, 0) is 42.7 Å². The Morgan fingerprint density at radius 2 is 1.80 bits per heavy atom. The molecular weight excluding hydrogens is 394 g/mol. The highest BCUT2D eigenvalue weighted by molar-refractivity contribution is 7.18. The molecule has 30 heavy (non-hydrogen) atoms. The molecule has 1 N–H and O–H groups in total. The molecule has 156 valence electrons. The van der Waals surface area contributed by atoms with Gasteiger partial charge in [-0.2, -0.15) is 0 Å². The predicted octanol–water partition coefficient (Wildman–Crippen LogP) is 4.42.